The van der Waals surface area contributed by atoms with Crippen molar-refractivity contribution in [3.05, 3.63) is 101 Å². The van der Waals surface area contributed by atoms with Crippen LogP contribution in [0.25, 0.3) is 0 Å². The van der Waals surface area contributed by atoms with E-state index in [1.54, 1.807) is 24.3 Å². The van der Waals surface area contributed by atoms with Crippen LogP contribution in [0.3, 0.4) is 0 Å². The lowest BCUT2D eigenvalue weighted by Crippen LogP contribution is -2.51. The highest BCUT2D eigenvalue weighted by Crippen LogP contribution is 2.22. The van der Waals surface area contributed by atoms with Crippen molar-refractivity contribution in [2.45, 2.75) is 29.8 Å². The Morgan fingerprint density at radius 2 is 1.58 bits per heavy atom. The van der Waals surface area contributed by atoms with E-state index in [-0.39, 0.29) is 10.9 Å². The van der Waals surface area contributed by atoms with Gasteiger partial charge in [0.1, 0.15) is 0 Å². The monoisotopic (exact) mass is 526 g/mol. The minimum atomic E-state index is -3.75. The molecule has 0 fully saturated rings. The topological polar surface area (TPSA) is 87.8 Å². The first-order valence-corrected chi connectivity index (χ1v) is 13.1. The van der Waals surface area contributed by atoms with Crippen LogP contribution in [0.4, 0.5) is 0 Å². The summed E-state index contributed by atoms with van der Waals surface area (Å²) in [6, 6.07) is 26.6. The second-order valence-corrected chi connectivity index (χ2v) is 10.7. The first-order valence-electron chi connectivity index (χ1n) is 10.8. The molecule has 0 amide bonds. The van der Waals surface area contributed by atoms with Crippen molar-refractivity contribution in [2.75, 3.05) is 13.1 Å². The number of rotatable bonds is 9. The summed E-state index contributed by atoms with van der Waals surface area (Å²) in [7, 11) is -3.75. The number of aliphatic imine (C=N–C) groups is 1. The molecule has 0 aliphatic carbocycles. The molecule has 3 aromatic carbocycles. The number of nitrogens with one attached hydrogen (secondary N) is 1. The number of hydrogen-bond acceptors (Lipinski definition) is 5. The van der Waals surface area contributed by atoms with Gasteiger partial charge in [0, 0.05) is 17.1 Å². The fourth-order valence-electron chi connectivity index (χ4n) is 4.10. The first-order chi connectivity index (χ1) is 15.9. The second-order valence-electron chi connectivity index (χ2n) is 8.13. The molecule has 8 heteroatoms. The van der Waals surface area contributed by atoms with Crippen LogP contribution in [0.15, 0.2) is 99.3 Å². The third-order valence-corrected chi connectivity index (χ3v) is 8.24. The van der Waals surface area contributed by atoms with E-state index >= 15 is 0 Å². The van der Waals surface area contributed by atoms with E-state index in [0.29, 0.717) is 29.9 Å². The minimum Gasteiger partial charge on any atom is -0.370 e. The van der Waals surface area contributed by atoms with E-state index in [9.17, 15) is 8.42 Å². The maximum Gasteiger partial charge on any atom is 0.242 e. The van der Waals surface area contributed by atoms with Crippen LogP contribution in [-0.4, -0.2) is 44.5 Å². The zero-order valence-electron chi connectivity index (χ0n) is 18.1. The van der Waals surface area contributed by atoms with Crippen LogP contribution >= 0.6 is 15.9 Å². The van der Waals surface area contributed by atoms with Gasteiger partial charge >= 0.3 is 0 Å². The zero-order chi connectivity index (χ0) is 23.3. The number of halogens is 1. The normalized spacial score (nSPS) is 17.1. The lowest BCUT2D eigenvalue weighted by Gasteiger charge is -2.31. The van der Waals surface area contributed by atoms with E-state index in [1.807, 2.05) is 53.4 Å². The summed E-state index contributed by atoms with van der Waals surface area (Å²) in [6.07, 6.45) is 1.33. The molecule has 0 saturated carbocycles. The molecule has 0 spiro atoms. The number of guanidine groups is 1. The molecular formula is C25H27BrN4O2S. The van der Waals surface area contributed by atoms with Crippen molar-refractivity contribution in [1.29, 1.82) is 0 Å². The van der Waals surface area contributed by atoms with Gasteiger partial charge in [0.25, 0.3) is 0 Å². The Hall–Kier alpha value is -2.68. The molecule has 0 aromatic heterocycles. The summed E-state index contributed by atoms with van der Waals surface area (Å²) in [5.74, 6) is 0.453. The van der Waals surface area contributed by atoms with Gasteiger partial charge in [0.2, 0.25) is 10.0 Å². The molecular weight excluding hydrogens is 500 g/mol. The Morgan fingerprint density at radius 3 is 2.24 bits per heavy atom. The maximum atomic E-state index is 13.3. The molecule has 3 aromatic rings. The standard InChI is InChI=1S/C25H27BrN4O2S/c26-23-13-7-8-14-24(23)33(31,32)29-21(15-19-9-3-1-4-10-19)18-30-22(17-28-25(30)27)16-20-11-5-2-6-12-20/h1-14,21-22,29H,15-18H2,(H2,27,28)/t21-,22-/m0/s1. The molecule has 0 radical (unpaired) electrons. The second kappa shape index (κ2) is 10.5. The summed E-state index contributed by atoms with van der Waals surface area (Å²) >= 11 is 3.36. The van der Waals surface area contributed by atoms with E-state index in [0.717, 1.165) is 12.0 Å². The van der Waals surface area contributed by atoms with Crippen LogP contribution in [-0.2, 0) is 22.9 Å². The Bertz CT molecular complexity index is 1200. The Labute approximate surface area is 203 Å². The van der Waals surface area contributed by atoms with Crippen molar-refractivity contribution in [1.82, 2.24) is 9.62 Å². The fourth-order valence-corrected chi connectivity index (χ4v) is 6.33. The largest absolute Gasteiger partial charge is 0.370 e. The molecule has 1 heterocycles. The quantitative estimate of drug-likeness (QED) is 0.446. The molecule has 1 aliphatic rings. The number of nitrogens with zero attached hydrogens (tertiary/aromatic N) is 2. The van der Waals surface area contributed by atoms with Crippen LogP contribution in [0.2, 0.25) is 0 Å². The van der Waals surface area contributed by atoms with Gasteiger partial charge in [-0.15, -0.1) is 0 Å². The summed E-state index contributed by atoms with van der Waals surface area (Å²) in [5.41, 5.74) is 8.50. The minimum absolute atomic E-state index is 0.0821. The van der Waals surface area contributed by atoms with Gasteiger partial charge in [-0.2, -0.15) is 0 Å². The molecule has 1 aliphatic heterocycles. The van der Waals surface area contributed by atoms with Gasteiger partial charge < -0.3 is 10.6 Å². The molecule has 172 valence electrons. The van der Waals surface area contributed by atoms with Crippen molar-refractivity contribution >= 4 is 31.9 Å². The molecule has 3 N–H and O–H groups in total. The van der Waals surface area contributed by atoms with Crippen LogP contribution < -0.4 is 10.5 Å². The predicted octanol–water partition coefficient (Wildman–Crippen LogP) is 3.58. The molecule has 0 unspecified atom stereocenters. The predicted molar refractivity (Wildman–Crippen MR) is 136 cm³/mol. The summed E-state index contributed by atoms with van der Waals surface area (Å²) in [5, 5.41) is 0. The highest BCUT2D eigenvalue weighted by Gasteiger charge is 2.31. The average molecular weight is 527 g/mol. The molecule has 0 bridgehead atoms. The highest BCUT2D eigenvalue weighted by atomic mass is 79.9. The van der Waals surface area contributed by atoms with Crippen LogP contribution in [0, 0.1) is 0 Å². The van der Waals surface area contributed by atoms with Crippen LogP contribution in [0.5, 0.6) is 0 Å². The summed E-state index contributed by atoms with van der Waals surface area (Å²) in [4.78, 5) is 6.71. The number of hydrogen-bond donors (Lipinski definition) is 2. The molecule has 6 nitrogen and oxygen atoms in total. The Balaban J connectivity index is 1.57. The van der Waals surface area contributed by atoms with E-state index in [1.165, 1.54) is 5.56 Å². The molecule has 2 atom stereocenters. The molecule has 4 rings (SSSR count). The third kappa shape index (κ3) is 6.01. The smallest absolute Gasteiger partial charge is 0.242 e. The van der Waals surface area contributed by atoms with Crippen molar-refractivity contribution in [3.63, 3.8) is 0 Å². The highest BCUT2D eigenvalue weighted by molar-refractivity contribution is 9.10. The summed E-state index contributed by atoms with van der Waals surface area (Å²) < 4.78 is 30.0. The lowest BCUT2D eigenvalue weighted by atomic mass is 10.0. The van der Waals surface area contributed by atoms with Gasteiger partial charge in [0.05, 0.1) is 17.5 Å². The lowest BCUT2D eigenvalue weighted by molar-refractivity contribution is 0.307. The van der Waals surface area contributed by atoms with Gasteiger partial charge in [0.15, 0.2) is 5.96 Å². The number of benzene rings is 3. The SMILES string of the molecule is NC1=NC[C@H](Cc2ccccc2)N1C[C@H](Cc1ccccc1)NS(=O)(=O)c1ccccc1Br. The van der Waals surface area contributed by atoms with E-state index < -0.39 is 16.1 Å². The average Bonchev–Trinajstić information content (AvgIpc) is 3.14. The Kier molecular flexibility index (Phi) is 7.47. The van der Waals surface area contributed by atoms with Gasteiger partial charge in [-0.05, 0) is 52.0 Å². The zero-order valence-corrected chi connectivity index (χ0v) is 20.5. The Morgan fingerprint density at radius 1 is 0.970 bits per heavy atom. The molecule has 33 heavy (non-hydrogen) atoms. The van der Waals surface area contributed by atoms with E-state index in [2.05, 4.69) is 37.8 Å². The van der Waals surface area contributed by atoms with E-state index in [4.69, 9.17) is 5.73 Å². The maximum absolute atomic E-state index is 13.3. The summed E-state index contributed by atoms with van der Waals surface area (Å²) in [6.45, 7) is 1.02. The molecule has 0 saturated heterocycles. The number of nitrogens with two attached hydrogens (primary N) is 1. The fraction of sp³-hybridized carbons (Fsp3) is 0.240. The first kappa shape index (κ1) is 23.5. The van der Waals surface area contributed by atoms with Gasteiger partial charge in [-0.25, -0.2) is 13.1 Å². The van der Waals surface area contributed by atoms with Crippen LogP contribution in [0.1, 0.15) is 11.1 Å². The van der Waals surface area contributed by atoms with Crippen molar-refractivity contribution in [3.8, 4) is 0 Å². The van der Waals surface area contributed by atoms with Gasteiger partial charge in [-0.3, -0.25) is 4.99 Å². The van der Waals surface area contributed by atoms with Gasteiger partial charge in [-0.1, -0.05) is 72.8 Å². The third-order valence-electron chi connectivity index (χ3n) is 5.70. The van der Waals surface area contributed by atoms with Crippen molar-refractivity contribution < 1.29 is 8.42 Å². The van der Waals surface area contributed by atoms with Crippen molar-refractivity contribution in [2.24, 2.45) is 10.7 Å². The number of sulfonamides is 1.